The summed E-state index contributed by atoms with van der Waals surface area (Å²) in [5, 5.41) is 2.37. The number of rotatable bonds is 3. The minimum Gasteiger partial charge on any atom is -0.488 e. The molecule has 0 N–H and O–H groups in total. The summed E-state index contributed by atoms with van der Waals surface area (Å²) in [6.45, 7) is 0.555. The zero-order valence-electron chi connectivity index (χ0n) is 9.90. The molecule has 3 aromatic rings. The lowest BCUT2D eigenvalue weighted by Crippen LogP contribution is -1.92. The molecule has 2 aromatic carbocycles. The molecule has 0 bridgehead atoms. The van der Waals surface area contributed by atoms with Gasteiger partial charge in [-0.15, -0.1) is 11.3 Å². The number of hydrogen-bond acceptors (Lipinski definition) is 2. The summed E-state index contributed by atoms with van der Waals surface area (Å²) in [6, 6.07) is 16.2. The molecule has 1 heterocycles. The third kappa shape index (κ3) is 3.11. The third-order valence-electron chi connectivity index (χ3n) is 2.78. The van der Waals surface area contributed by atoms with Gasteiger partial charge in [-0.05, 0) is 47.2 Å². The zero-order valence-corrected chi connectivity index (χ0v) is 13.1. The van der Waals surface area contributed by atoms with Crippen LogP contribution in [0.5, 0.6) is 5.75 Å². The predicted molar refractivity (Wildman–Crippen MR) is 85.3 cm³/mol. The van der Waals surface area contributed by atoms with E-state index in [0.717, 1.165) is 19.4 Å². The molecule has 4 heteroatoms. The Balaban J connectivity index is 1.79. The first-order chi connectivity index (χ1) is 9.20. The lowest BCUT2D eigenvalue weighted by molar-refractivity contribution is 0.310. The van der Waals surface area contributed by atoms with Crippen LogP contribution in [0, 0.1) is 0 Å². The van der Waals surface area contributed by atoms with E-state index in [-0.39, 0.29) is 0 Å². The maximum Gasteiger partial charge on any atom is 0.122 e. The minimum absolute atomic E-state index is 0.555. The van der Waals surface area contributed by atoms with E-state index in [1.165, 1.54) is 10.8 Å². The molecule has 0 unspecified atom stereocenters. The lowest BCUT2D eigenvalue weighted by Gasteiger charge is -2.06. The molecule has 3 rings (SSSR count). The molecule has 1 aromatic heterocycles. The van der Waals surface area contributed by atoms with Crippen LogP contribution in [-0.4, -0.2) is 0 Å². The van der Waals surface area contributed by atoms with E-state index in [0.29, 0.717) is 6.61 Å². The Morgan fingerprint density at radius 2 is 1.79 bits per heavy atom. The van der Waals surface area contributed by atoms with Gasteiger partial charge in [-0.1, -0.05) is 39.7 Å². The monoisotopic (exact) mass is 352 g/mol. The molecule has 0 saturated heterocycles. The van der Waals surface area contributed by atoms with Crippen molar-refractivity contribution in [1.29, 1.82) is 0 Å². The van der Waals surface area contributed by atoms with Gasteiger partial charge in [0.15, 0.2) is 0 Å². The van der Waals surface area contributed by atoms with Crippen LogP contribution in [0.2, 0.25) is 4.34 Å². The highest BCUT2D eigenvalue weighted by Crippen LogP contribution is 2.26. The van der Waals surface area contributed by atoms with E-state index in [1.807, 2.05) is 24.3 Å². The Bertz CT molecular complexity index is 723. The average molecular weight is 354 g/mol. The first-order valence-electron chi connectivity index (χ1n) is 5.77. The highest BCUT2D eigenvalue weighted by atomic mass is 79.9. The largest absolute Gasteiger partial charge is 0.488 e. The molecule has 0 aliphatic heterocycles. The summed E-state index contributed by atoms with van der Waals surface area (Å²) in [5.41, 5.74) is 0. The van der Waals surface area contributed by atoms with Gasteiger partial charge in [0.1, 0.15) is 12.4 Å². The summed E-state index contributed by atoms with van der Waals surface area (Å²) in [5.74, 6) is 0.874. The summed E-state index contributed by atoms with van der Waals surface area (Å²) in [4.78, 5) is 1.13. The molecule has 96 valence electrons. The number of fused-ring (bicyclic) bond motifs is 1. The molecule has 0 saturated carbocycles. The summed E-state index contributed by atoms with van der Waals surface area (Å²) in [6.07, 6.45) is 0. The quantitative estimate of drug-likeness (QED) is 0.570. The first-order valence-corrected chi connectivity index (χ1v) is 7.76. The Hall–Kier alpha value is -1.03. The number of ether oxygens (including phenoxy) is 1. The van der Waals surface area contributed by atoms with Crippen molar-refractivity contribution in [2.45, 2.75) is 6.61 Å². The van der Waals surface area contributed by atoms with E-state index in [4.69, 9.17) is 16.3 Å². The molecule has 0 atom stereocenters. The fourth-order valence-electron chi connectivity index (χ4n) is 1.87. The summed E-state index contributed by atoms with van der Waals surface area (Å²) >= 11 is 10.9. The maximum atomic E-state index is 5.89. The van der Waals surface area contributed by atoms with Crippen LogP contribution in [0.4, 0.5) is 0 Å². The van der Waals surface area contributed by atoms with Crippen molar-refractivity contribution in [2.24, 2.45) is 0 Å². The molecule has 0 aliphatic carbocycles. The summed E-state index contributed by atoms with van der Waals surface area (Å²) in [7, 11) is 0. The zero-order chi connectivity index (χ0) is 13.2. The minimum atomic E-state index is 0.555. The Morgan fingerprint density at radius 1 is 1.00 bits per heavy atom. The third-order valence-corrected chi connectivity index (χ3v) is 4.48. The predicted octanol–water partition coefficient (Wildman–Crippen LogP) is 5.90. The van der Waals surface area contributed by atoms with Crippen molar-refractivity contribution in [3.8, 4) is 5.75 Å². The van der Waals surface area contributed by atoms with Crippen LogP contribution in [0.15, 0.2) is 53.0 Å². The topological polar surface area (TPSA) is 9.23 Å². The van der Waals surface area contributed by atoms with Crippen LogP contribution >= 0.6 is 38.9 Å². The van der Waals surface area contributed by atoms with Gasteiger partial charge in [0, 0.05) is 9.35 Å². The average Bonchev–Trinajstić information content (AvgIpc) is 2.82. The Kier molecular flexibility index (Phi) is 3.78. The second-order valence-corrected chi connectivity index (χ2v) is 6.86. The highest BCUT2D eigenvalue weighted by Gasteiger charge is 2.01. The van der Waals surface area contributed by atoms with Crippen molar-refractivity contribution in [2.75, 3.05) is 0 Å². The molecule has 0 spiro atoms. The van der Waals surface area contributed by atoms with Crippen molar-refractivity contribution in [3.63, 3.8) is 0 Å². The van der Waals surface area contributed by atoms with Crippen LogP contribution < -0.4 is 4.74 Å². The summed E-state index contributed by atoms with van der Waals surface area (Å²) < 4.78 is 7.66. The van der Waals surface area contributed by atoms with Gasteiger partial charge in [-0.2, -0.15) is 0 Å². The van der Waals surface area contributed by atoms with Gasteiger partial charge in [0.2, 0.25) is 0 Å². The fraction of sp³-hybridized carbons (Fsp3) is 0.0667. The number of halogens is 2. The van der Waals surface area contributed by atoms with Gasteiger partial charge < -0.3 is 4.74 Å². The second-order valence-electron chi connectivity index (χ2n) is 4.15. The Morgan fingerprint density at radius 3 is 2.58 bits per heavy atom. The van der Waals surface area contributed by atoms with Gasteiger partial charge in [-0.25, -0.2) is 0 Å². The van der Waals surface area contributed by atoms with Crippen LogP contribution in [-0.2, 0) is 6.61 Å². The number of thiophene rings is 1. The molecule has 0 radical (unpaired) electrons. The van der Waals surface area contributed by atoms with E-state index in [2.05, 4.69) is 40.2 Å². The van der Waals surface area contributed by atoms with Crippen LogP contribution in [0.25, 0.3) is 10.8 Å². The van der Waals surface area contributed by atoms with E-state index in [9.17, 15) is 0 Å². The van der Waals surface area contributed by atoms with Gasteiger partial charge in [0.25, 0.3) is 0 Å². The van der Waals surface area contributed by atoms with Gasteiger partial charge in [-0.3, -0.25) is 0 Å². The highest BCUT2D eigenvalue weighted by molar-refractivity contribution is 9.10. The normalized spacial score (nSPS) is 10.8. The lowest BCUT2D eigenvalue weighted by atomic mass is 10.1. The number of hydrogen-bond donors (Lipinski definition) is 0. The Labute approximate surface area is 128 Å². The number of benzene rings is 2. The molecular formula is C15H10BrClOS. The van der Waals surface area contributed by atoms with Crippen molar-refractivity contribution in [1.82, 2.24) is 0 Å². The molecule has 0 fully saturated rings. The van der Waals surface area contributed by atoms with Crippen LogP contribution in [0.1, 0.15) is 4.88 Å². The van der Waals surface area contributed by atoms with Gasteiger partial charge in [0.05, 0.1) is 4.34 Å². The van der Waals surface area contributed by atoms with E-state index < -0.39 is 0 Å². The van der Waals surface area contributed by atoms with Crippen molar-refractivity contribution in [3.05, 3.63) is 62.2 Å². The molecule has 0 amide bonds. The van der Waals surface area contributed by atoms with Crippen molar-refractivity contribution >= 4 is 49.6 Å². The molecule has 19 heavy (non-hydrogen) atoms. The van der Waals surface area contributed by atoms with Gasteiger partial charge >= 0.3 is 0 Å². The first kappa shape index (κ1) is 13.0. The van der Waals surface area contributed by atoms with E-state index in [1.54, 1.807) is 11.3 Å². The van der Waals surface area contributed by atoms with Crippen LogP contribution in [0.3, 0.4) is 0 Å². The molecule has 0 aliphatic rings. The van der Waals surface area contributed by atoms with E-state index >= 15 is 0 Å². The standard InChI is InChI=1S/C15H10BrClOS/c16-12-3-1-11-8-13(4-2-10(11)7-12)18-9-14-5-6-15(17)19-14/h1-8H,9H2. The fourth-order valence-corrected chi connectivity index (χ4v) is 3.25. The molecular weight excluding hydrogens is 344 g/mol. The molecule has 1 nitrogen and oxygen atoms in total. The van der Waals surface area contributed by atoms with Crippen molar-refractivity contribution < 1.29 is 4.74 Å². The SMILES string of the molecule is Clc1ccc(COc2ccc3cc(Br)ccc3c2)s1. The maximum absolute atomic E-state index is 5.89. The smallest absolute Gasteiger partial charge is 0.122 e. The second kappa shape index (κ2) is 5.53.